The molecule has 0 unspecified atom stereocenters. The average molecular weight is 324 g/mol. The maximum absolute atomic E-state index is 5.72. The van der Waals surface area contributed by atoms with E-state index < -0.39 is 0 Å². The average Bonchev–Trinajstić information content (AvgIpc) is 2.55. The van der Waals surface area contributed by atoms with E-state index in [2.05, 4.69) is 50.2 Å². The fourth-order valence-electron chi connectivity index (χ4n) is 4.60. The van der Waals surface area contributed by atoms with Crippen molar-refractivity contribution in [1.82, 2.24) is 19.9 Å². The summed E-state index contributed by atoms with van der Waals surface area (Å²) in [5.41, 5.74) is 13.2. The minimum Gasteiger partial charge on any atom is -0.368 e. The van der Waals surface area contributed by atoms with Gasteiger partial charge in [0.25, 0.3) is 0 Å². The van der Waals surface area contributed by atoms with Gasteiger partial charge in [-0.25, -0.2) is 0 Å². The first-order chi connectivity index (χ1) is 11.7. The predicted octanol–water partition coefficient (Wildman–Crippen LogP) is 2.54. The Morgan fingerprint density at radius 2 is 1.62 bits per heavy atom. The van der Waals surface area contributed by atoms with Crippen LogP contribution in [0, 0.1) is 5.41 Å². The molecule has 1 saturated carbocycles. The Balaban J connectivity index is 1.61. The van der Waals surface area contributed by atoms with Gasteiger partial charge in [0.1, 0.15) is 5.82 Å². The van der Waals surface area contributed by atoms with E-state index >= 15 is 0 Å². The van der Waals surface area contributed by atoms with Crippen LogP contribution in [0.3, 0.4) is 0 Å². The van der Waals surface area contributed by atoms with Crippen LogP contribution in [0.1, 0.15) is 49.5 Å². The van der Waals surface area contributed by atoms with Gasteiger partial charge in [0.2, 0.25) is 11.9 Å². The van der Waals surface area contributed by atoms with Crippen LogP contribution in [0.2, 0.25) is 0 Å². The standard InChI is InChI=1S/C18H24N6/c19-16-21-14(22-17(20)23-16)11-24-12-18(9-5-2-6-10-18)15(24)13-7-3-1-4-8-13/h1,3-4,7-8,15H,2,5-6,9-12H2,(H4,19,20,21,22,23)/t15-/m0/s1. The molecule has 2 heterocycles. The molecule has 0 bridgehead atoms. The predicted molar refractivity (Wildman–Crippen MR) is 93.8 cm³/mol. The number of nitrogen functional groups attached to an aromatic ring is 2. The number of hydrogen-bond donors (Lipinski definition) is 2. The zero-order chi connectivity index (χ0) is 16.6. The number of nitrogens with zero attached hydrogens (tertiary/aromatic N) is 4. The second-order valence-corrected chi connectivity index (χ2v) is 7.11. The van der Waals surface area contributed by atoms with Crippen molar-refractivity contribution in [3.63, 3.8) is 0 Å². The van der Waals surface area contributed by atoms with Gasteiger partial charge in [-0.2, -0.15) is 15.0 Å². The van der Waals surface area contributed by atoms with E-state index in [9.17, 15) is 0 Å². The number of likely N-dealkylation sites (tertiary alicyclic amines) is 1. The first-order valence-corrected chi connectivity index (χ1v) is 8.71. The lowest BCUT2D eigenvalue weighted by Crippen LogP contribution is -2.58. The lowest BCUT2D eigenvalue weighted by molar-refractivity contribution is -0.107. The van der Waals surface area contributed by atoms with E-state index in [1.165, 1.54) is 37.7 Å². The van der Waals surface area contributed by atoms with Crippen molar-refractivity contribution in [3.05, 3.63) is 41.7 Å². The number of nitrogens with two attached hydrogens (primary N) is 2. The Morgan fingerprint density at radius 1 is 0.958 bits per heavy atom. The molecular formula is C18H24N6. The summed E-state index contributed by atoms with van der Waals surface area (Å²) in [4.78, 5) is 14.8. The summed E-state index contributed by atoms with van der Waals surface area (Å²) in [7, 11) is 0. The fraction of sp³-hybridized carbons (Fsp3) is 0.500. The first-order valence-electron chi connectivity index (χ1n) is 8.71. The van der Waals surface area contributed by atoms with Crippen molar-refractivity contribution in [2.45, 2.75) is 44.7 Å². The van der Waals surface area contributed by atoms with Gasteiger partial charge >= 0.3 is 0 Å². The van der Waals surface area contributed by atoms with Gasteiger partial charge in [-0.15, -0.1) is 0 Å². The second kappa shape index (κ2) is 6.02. The van der Waals surface area contributed by atoms with Crippen LogP contribution in [0.25, 0.3) is 0 Å². The smallest absolute Gasteiger partial charge is 0.225 e. The van der Waals surface area contributed by atoms with E-state index in [-0.39, 0.29) is 11.9 Å². The molecule has 0 amide bonds. The highest BCUT2D eigenvalue weighted by Crippen LogP contribution is 2.57. The molecule has 1 aliphatic heterocycles. The van der Waals surface area contributed by atoms with Gasteiger partial charge in [0.05, 0.1) is 6.54 Å². The Kier molecular flexibility index (Phi) is 3.84. The van der Waals surface area contributed by atoms with E-state index in [1.807, 2.05) is 0 Å². The van der Waals surface area contributed by atoms with Crippen LogP contribution in [0.5, 0.6) is 0 Å². The highest BCUT2D eigenvalue weighted by molar-refractivity contribution is 5.28. The molecule has 1 aromatic heterocycles. The van der Waals surface area contributed by atoms with Crippen LogP contribution in [-0.2, 0) is 6.54 Å². The molecule has 2 fully saturated rings. The van der Waals surface area contributed by atoms with Gasteiger partial charge in [0.15, 0.2) is 0 Å². The van der Waals surface area contributed by atoms with Crippen LogP contribution in [0.4, 0.5) is 11.9 Å². The monoisotopic (exact) mass is 324 g/mol. The van der Waals surface area contributed by atoms with Crippen LogP contribution < -0.4 is 11.5 Å². The maximum Gasteiger partial charge on any atom is 0.225 e. The third kappa shape index (κ3) is 2.71. The molecule has 6 nitrogen and oxygen atoms in total. The number of rotatable bonds is 3. The van der Waals surface area contributed by atoms with Crippen molar-refractivity contribution in [2.24, 2.45) is 5.41 Å². The molecule has 24 heavy (non-hydrogen) atoms. The van der Waals surface area contributed by atoms with E-state index in [1.54, 1.807) is 0 Å². The van der Waals surface area contributed by atoms with Crippen molar-refractivity contribution in [2.75, 3.05) is 18.0 Å². The SMILES string of the molecule is Nc1nc(N)nc(CN2CC3(CCCCC3)[C@@H]2c2ccccc2)n1. The Hall–Kier alpha value is -2.21. The number of anilines is 2. The Labute approximate surface area is 142 Å². The van der Waals surface area contributed by atoms with Crippen molar-refractivity contribution >= 4 is 11.9 Å². The number of hydrogen-bond acceptors (Lipinski definition) is 6. The van der Waals surface area contributed by atoms with E-state index in [0.29, 0.717) is 23.8 Å². The summed E-state index contributed by atoms with van der Waals surface area (Å²) in [6.45, 7) is 1.76. The third-order valence-electron chi connectivity index (χ3n) is 5.49. The zero-order valence-electron chi connectivity index (χ0n) is 13.9. The molecule has 0 radical (unpaired) electrons. The van der Waals surface area contributed by atoms with E-state index in [4.69, 9.17) is 11.5 Å². The molecule has 1 aliphatic carbocycles. The number of aromatic nitrogens is 3. The summed E-state index contributed by atoms with van der Waals surface area (Å²) in [6, 6.07) is 11.2. The number of benzene rings is 1. The molecule has 2 aliphatic rings. The minimum atomic E-state index is 0.196. The van der Waals surface area contributed by atoms with Crippen molar-refractivity contribution in [3.8, 4) is 0 Å². The zero-order valence-corrected chi connectivity index (χ0v) is 13.9. The molecule has 2 aromatic rings. The van der Waals surface area contributed by atoms with Gasteiger partial charge in [-0.1, -0.05) is 49.6 Å². The first kappa shape index (κ1) is 15.3. The molecule has 1 saturated heterocycles. The van der Waals surface area contributed by atoms with Gasteiger partial charge in [-0.3, -0.25) is 4.90 Å². The quantitative estimate of drug-likeness (QED) is 0.901. The minimum absolute atomic E-state index is 0.196. The molecule has 4 rings (SSSR count). The molecular weight excluding hydrogens is 300 g/mol. The highest BCUT2D eigenvalue weighted by Gasteiger charge is 2.52. The van der Waals surface area contributed by atoms with E-state index in [0.717, 1.165) is 6.54 Å². The highest BCUT2D eigenvalue weighted by atomic mass is 15.3. The normalized spacial score (nSPS) is 23.1. The van der Waals surface area contributed by atoms with Crippen molar-refractivity contribution in [1.29, 1.82) is 0 Å². The lowest BCUT2D eigenvalue weighted by Gasteiger charge is -2.59. The molecule has 1 spiro atoms. The van der Waals surface area contributed by atoms with Crippen LogP contribution >= 0.6 is 0 Å². The Bertz CT molecular complexity index is 690. The van der Waals surface area contributed by atoms with Crippen molar-refractivity contribution < 1.29 is 0 Å². The molecule has 1 aromatic carbocycles. The summed E-state index contributed by atoms with van der Waals surface area (Å²) in [5.74, 6) is 1.05. The van der Waals surface area contributed by atoms with Crippen LogP contribution in [-0.4, -0.2) is 26.4 Å². The van der Waals surface area contributed by atoms with Gasteiger partial charge < -0.3 is 11.5 Å². The topological polar surface area (TPSA) is 93.9 Å². The van der Waals surface area contributed by atoms with Gasteiger partial charge in [-0.05, 0) is 18.4 Å². The maximum atomic E-state index is 5.72. The second-order valence-electron chi connectivity index (χ2n) is 7.11. The summed E-state index contributed by atoms with van der Waals surface area (Å²) in [6.07, 6.45) is 6.66. The largest absolute Gasteiger partial charge is 0.368 e. The molecule has 126 valence electrons. The summed E-state index contributed by atoms with van der Waals surface area (Å²) >= 11 is 0. The fourth-order valence-corrected chi connectivity index (χ4v) is 4.60. The third-order valence-corrected chi connectivity index (χ3v) is 5.49. The molecule has 4 N–H and O–H groups in total. The summed E-state index contributed by atoms with van der Waals surface area (Å²) < 4.78 is 0. The van der Waals surface area contributed by atoms with Gasteiger partial charge in [0, 0.05) is 18.0 Å². The molecule has 6 heteroatoms. The summed E-state index contributed by atoms with van der Waals surface area (Å²) in [5, 5.41) is 0. The lowest BCUT2D eigenvalue weighted by atomic mass is 9.61. The Morgan fingerprint density at radius 3 is 2.29 bits per heavy atom. The molecule has 1 atom stereocenters. The van der Waals surface area contributed by atoms with Crippen LogP contribution in [0.15, 0.2) is 30.3 Å².